The highest BCUT2D eigenvalue weighted by molar-refractivity contribution is 5.29. The van der Waals surface area contributed by atoms with Gasteiger partial charge in [0.2, 0.25) is 0 Å². The summed E-state index contributed by atoms with van der Waals surface area (Å²) in [7, 11) is 0. The zero-order chi connectivity index (χ0) is 15.2. The lowest BCUT2D eigenvalue weighted by molar-refractivity contribution is 0.198. The summed E-state index contributed by atoms with van der Waals surface area (Å²) < 4.78 is 0. The van der Waals surface area contributed by atoms with E-state index in [0.717, 1.165) is 17.9 Å². The lowest BCUT2D eigenvalue weighted by Crippen LogP contribution is -2.41. The second-order valence-corrected chi connectivity index (χ2v) is 7.11. The van der Waals surface area contributed by atoms with Crippen LogP contribution in [0.2, 0.25) is 0 Å². The van der Waals surface area contributed by atoms with Crippen LogP contribution in [0.5, 0.6) is 0 Å². The van der Waals surface area contributed by atoms with Crippen LogP contribution in [-0.4, -0.2) is 12.6 Å². The fourth-order valence-corrected chi connectivity index (χ4v) is 4.05. The molecule has 1 heteroatoms. The van der Waals surface area contributed by atoms with Gasteiger partial charge < -0.3 is 5.32 Å². The maximum Gasteiger partial charge on any atom is 0.00987 e. The molecular weight excluding hydrogens is 254 g/mol. The van der Waals surface area contributed by atoms with Gasteiger partial charge in [-0.2, -0.15) is 0 Å². The average Bonchev–Trinajstić information content (AvgIpc) is 2.44. The second kappa shape index (κ2) is 7.98. The highest BCUT2D eigenvalue weighted by Gasteiger charge is 2.29. The molecule has 1 saturated carbocycles. The van der Waals surface area contributed by atoms with Crippen molar-refractivity contribution in [1.82, 2.24) is 5.32 Å². The predicted octanol–water partition coefficient (Wildman–Crippen LogP) is 5.04. The van der Waals surface area contributed by atoms with Crippen LogP contribution in [0.25, 0.3) is 0 Å². The first kappa shape index (κ1) is 16.5. The summed E-state index contributed by atoms with van der Waals surface area (Å²) in [5.74, 6) is 1.76. The zero-order valence-corrected chi connectivity index (χ0v) is 14.4. The molecule has 1 fully saturated rings. The first-order valence-corrected chi connectivity index (χ1v) is 8.92. The van der Waals surface area contributed by atoms with E-state index in [4.69, 9.17) is 0 Å². The van der Waals surface area contributed by atoms with Gasteiger partial charge >= 0.3 is 0 Å². The summed E-state index contributed by atoms with van der Waals surface area (Å²) in [5.41, 5.74) is 4.36. The van der Waals surface area contributed by atoms with Crippen molar-refractivity contribution in [3.8, 4) is 0 Å². The highest BCUT2D eigenvalue weighted by Crippen LogP contribution is 2.33. The largest absolute Gasteiger partial charge is 0.314 e. The predicted molar refractivity (Wildman–Crippen MR) is 92.8 cm³/mol. The van der Waals surface area contributed by atoms with Crippen LogP contribution in [0.4, 0.5) is 0 Å². The molecule has 0 radical (unpaired) electrons. The molecule has 21 heavy (non-hydrogen) atoms. The second-order valence-electron chi connectivity index (χ2n) is 7.11. The Morgan fingerprint density at radius 3 is 2.38 bits per heavy atom. The third kappa shape index (κ3) is 4.85. The van der Waals surface area contributed by atoms with E-state index in [9.17, 15) is 0 Å². The lowest BCUT2D eigenvalue weighted by atomic mass is 9.74. The topological polar surface area (TPSA) is 12.0 Å². The number of aryl methyl sites for hydroxylation is 2. The smallest absolute Gasteiger partial charge is 0.00987 e. The molecule has 0 aromatic heterocycles. The van der Waals surface area contributed by atoms with E-state index in [1.54, 1.807) is 0 Å². The molecule has 1 aromatic rings. The Morgan fingerprint density at radius 2 is 1.76 bits per heavy atom. The maximum atomic E-state index is 3.82. The lowest BCUT2D eigenvalue weighted by Gasteiger charge is -2.37. The molecule has 118 valence electrons. The molecule has 3 atom stereocenters. The zero-order valence-electron chi connectivity index (χ0n) is 14.4. The molecule has 0 aliphatic heterocycles. The maximum absolute atomic E-state index is 3.82. The van der Waals surface area contributed by atoms with Crippen molar-refractivity contribution in [3.05, 3.63) is 34.9 Å². The minimum Gasteiger partial charge on any atom is -0.314 e. The molecular formula is C20H33N. The number of rotatable bonds is 6. The van der Waals surface area contributed by atoms with Crippen molar-refractivity contribution in [3.63, 3.8) is 0 Å². The fourth-order valence-electron chi connectivity index (χ4n) is 4.05. The van der Waals surface area contributed by atoms with Gasteiger partial charge in [0.05, 0.1) is 0 Å². The molecule has 0 heterocycles. The third-order valence-electron chi connectivity index (χ3n) is 5.10. The molecule has 0 bridgehead atoms. The monoisotopic (exact) mass is 287 g/mol. The van der Waals surface area contributed by atoms with Crippen molar-refractivity contribution in [1.29, 1.82) is 0 Å². The number of nitrogens with one attached hydrogen (secondary N) is 1. The summed E-state index contributed by atoms with van der Waals surface area (Å²) in [5, 5.41) is 3.82. The van der Waals surface area contributed by atoms with Gasteiger partial charge in [-0.05, 0) is 69.9 Å². The Labute approximate surface area is 131 Å². The van der Waals surface area contributed by atoms with Crippen LogP contribution >= 0.6 is 0 Å². The molecule has 1 aromatic carbocycles. The molecule has 0 amide bonds. The Hall–Kier alpha value is -0.820. The quantitative estimate of drug-likeness (QED) is 0.773. The average molecular weight is 287 g/mol. The van der Waals surface area contributed by atoms with Gasteiger partial charge in [-0.25, -0.2) is 0 Å². The van der Waals surface area contributed by atoms with E-state index in [0.29, 0.717) is 0 Å². The molecule has 0 saturated heterocycles. The standard InChI is InChI=1S/C20H33N/c1-5-9-21-20-8-7-17(6-2)13-19(20)14-18-11-15(3)10-16(4)12-18/h10-12,17,19-21H,5-9,13-14H2,1-4H3. The minimum atomic E-state index is 0.730. The molecule has 3 unspecified atom stereocenters. The number of hydrogen-bond donors (Lipinski definition) is 1. The van der Waals surface area contributed by atoms with Gasteiger partial charge in [0.15, 0.2) is 0 Å². The third-order valence-corrected chi connectivity index (χ3v) is 5.10. The van der Waals surface area contributed by atoms with Crippen LogP contribution in [0.3, 0.4) is 0 Å². The van der Waals surface area contributed by atoms with Crippen LogP contribution in [0, 0.1) is 25.7 Å². The van der Waals surface area contributed by atoms with E-state index < -0.39 is 0 Å². The summed E-state index contributed by atoms with van der Waals surface area (Å²) in [6.07, 6.45) is 8.04. The Balaban J connectivity index is 2.07. The summed E-state index contributed by atoms with van der Waals surface area (Å²) in [4.78, 5) is 0. The van der Waals surface area contributed by atoms with Gasteiger partial charge in [0.25, 0.3) is 0 Å². The van der Waals surface area contributed by atoms with Gasteiger partial charge in [-0.15, -0.1) is 0 Å². The molecule has 1 aliphatic carbocycles. The Kier molecular flexibility index (Phi) is 6.29. The van der Waals surface area contributed by atoms with Crippen molar-refractivity contribution >= 4 is 0 Å². The van der Waals surface area contributed by atoms with Crippen molar-refractivity contribution in [2.75, 3.05) is 6.54 Å². The minimum absolute atomic E-state index is 0.730. The van der Waals surface area contributed by atoms with Crippen molar-refractivity contribution in [2.45, 2.75) is 72.3 Å². The van der Waals surface area contributed by atoms with E-state index in [-0.39, 0.29) is 0 Å². The summed E-state index contributed by atoms with van der Waals surface area (Å²) >= 11 is 0. The normalized spacial score (nSPS) is 26.0. The van der Waals surface area contributed by atoms with E-state index >= 15 is 0 Å². The van der Waals surface area contributed by atoms with Crippen molar-refractivity contribution < 1.29 is 0 Å². The SMILES string of the molecule is CCCNC1CCC(CC)CC1Cc1cc(C)cc(C)c1. The number of hydrogen-bond acceptors (Lipinski definition) is 1. The Bertz CT molecular complexity index is 417. The van der Waals surface area contributed by atoms with Gasteiger partial charge in [-0.1, -0.05) is 49.6 Å². The summed E-state index contributed by atoms with van der Waals surface area (Å²) in [6.45, 7) is 10.2. The van der Waals surface area contributed by atoms with Gasteiger partial charge in [-0.3, -0.25) is 0 Å². The molecule has 1 nitrogen and oxygen atoms in total. The molecule has 1 N–H and O–H groups in total. The molecule has 1 aliphatic rings. The first-order chi connectivity index (χ1) is 10.1. The van der Waals surface area contributed by atoms with Crippen molar-refractivity contribution in [2.24, 2.45) is 11.8 Å². The van der Waals surface area contributed by atoms with E-state index in [1.165, 1.54) is 61.8 Å². The summed E-state index contributed by atoms with van der Waals surface area (Å²) in [6, 6.07) is 7.79. The van der Waals surface area contributed by atoms with Gasteiger partial charge in [0.1, 0.15) is 0 Å². The fraction of sp³-hybridized carbons (Fsp3) is 0.700. The van der Waals surface area contributed by atoms with Crippen LogP contribution in [0.15, 0.2) is 18.2 Å². The van der Waals surface area contributed by atoms with Gasteiger partial charge in [0, 0.05) is 6.04 Å². The van der Waals surface area contributed by atoms with E-state index in [2.05, 4.69) is 51.2 Å². The van der Waals surface area contributed by atoms with Crippen LogP contribution in [0.1, 0.15) is 62.6 Å². The van der Waals surface area contributed by atoms with Crippen LogP contribution in [-0.2, 0) is 6.42 Å². The van der Waals surface area contributed by atoms with Crippen LogP contribution < -0.4 is 5.32 Å². The highest BCUT2D eigenvalue weighted by atomic mass is 14.9. The molecule has 2 rings (SSSR count). The number of benzene rings is 1. The first-order valence-electron chi connectivity index (χ1n) is 8.92. The Morgan fingerprint density at radius 1 is 1.05 bits per heavy atom. The van der Waals surface area contributed by atoms with E-state index in [1.807, 2.05) is 0 Å². The molecule has 0 spiro atoms.